The average Bonchev–Trinajstić information content (AvgIpc) is 3.06. The normalized spacial score (nSPS) is 45.4. The van der Waals surface area contributed by atoms with Crippen molar-refractivity contribution in [2.75, 3.05) is 14.1 Å². The number of carbonyl (C=O) groups is 1. The van der Waals surface area contributed by atoms with Gasteiger partial charge in [-0.05, 0) is 108 Å². The van der Waals surface area contributed by atoms with Crippen molar-refractivity contribution in [3.8, 4) is 0 Å². The van der Waals surface area contributed by atoms with Crippen LogP contribution in [0.2, 0.25) is 0 Å². The highest BCUT2D eigenvalue weighted by molar-refractivity contribution is 5.88. The maximum Gasteiger partial charge on any atom is 0.244 e. The lowest BCUT2D eigenvalue weighted by Crippen LogP contribution is -2.65. The SMILES string of the molecule is CC(C)=CC(=O)N[C@@H]1[C@H](O)[C@@H]2CC[C@@H]3[C@H](CC[C@]4(C)C([C@H](C)N(C)C)=CC[C@@H]34)[C@@]2(C)C[C@@H]1O. The molecular weight excluding hydrogens is 412 g/mol. The Labute approximate surface area is 200 Å². The minimum atomic E-state index is -0.714. The van der Waals surface area contributed by atoms with E-state index in [9.17, 15) is 15.0 Å². The van der Waals surface area contributed by atoms with E-state index in [1.54, 1.807) is 11.6 Å². The topological polar surface area (TPSA) is 72.8 Å². The van der Waals surface area contributed by atoms with E-state index in [-0.39, 0.29) is 22.7 Å². The Morgan fingerprint density at radius 1 is 1.15 bits per heavy atom. The maximum atomic E-state index is 12.4. The number of nitrogens with one attached hydrogen (secondary N) is 1. The second-order valence-corrected chi connectivity index (χ2v) is 12.6. The first kappa shape index (κ1) is 24.9. The van der Waals surface area contributed by atoms with Gasteiger partial charge >= 0.3 is 0 Å². The first-order valence-corrected chi connectivity index (χ1v) is 13.1. The van der Waals surface area contributed by atoms with Crippen molar-refractivity contribution in [2.45, 2.75) is 97.4 Å². The molecule has 0 spiro atoms. The third kappa shape index (κ3) is 4.02. The molecule has 5 nitrogen and oxygen atoms in total. The van der Waals surface area contributed by atoms with E-state index in [1.807, 2.05) is 13.8 Å². The molecule has 3 saturated carbocycles. The molecule has 0 heterocycles. The molecule has 0 aromatic heterocycles. The maximum absolute atomic E-state index is 12.4. The first-order valence-electron chi connectivity index (χ1n) is 13.1. The summed E-state index contributed by atoms with van der Waals surface area (Å²) in [4.78, 5) is 14.7. The number of rotatable bonds is 4. The second-order valence-electron chi connectivity index (χ2n) is 12.6. The van der Waals surface area contributed by atoms with Crippen molar-refractivity contribution >= 4 is 5.91 Å². The van der Waals surface area contributed by atoms with Crippen molar-refractivity contribution in [1.82, 2.24) is 10.2 Å². The minimum Gasteiger partial charge on any atom is -0.391 e. The molecule has 0 aromatic carbocycles. The molecule has 4 rings (SSSR count). The highest BCUT2D eigenvalue weighted by Crippen LogP contribution is 2.66. The predicted molar refractivity (Wildman–Crippen MR) is 132 cm³/mol. The molecular formula is C28H46N2O3. The Morgan fingerprint density at radius 3 is 2.48 bits per heavy atom. The van der Waals surface area contributed by atoms with Crippen LogP contribution < -0.4 is 5.32 Å². The fourth-order valence-electron chi connectivity index (χ4n) is 8.58. The summed E-state index contributed by atoms with van der Waals surface area (Å²) in [5.41, 5.74) is 2.71. The van der Waals surface area contributed by atoms with Gasteiger partial charge in [0, 0.05) is 12.1 Å². The average molecular weight is 459 g/mol. The van der Waals surface area contributed by atoms with Gasteiger partial charge < -0.3 is 20.4 Å². The molecule has 4 aliphatic carbocycles. The Balaban J connectivity index is 1.54. The summed E-state index contributed by atoms with van der Waals surface area (Å²) >= 11 is 0. The summed E-state index contributed by atoms with van der Waals surface area (Å²) in [6.45, 7) is 10.9. The fourth-order valence-corrected chi connectivity index (χ4v) is 8.58. The molecule has 0 bridgehead atoms. The van der Waals surface area contributed by atoms with Gasteiger partial charge in [-0.2, -0.15) is 0 Å². The molecule has 10 atom stereocenters. The van der Waals surface area contributed by atoms with Gasteiger partial charge in [0.1, 0.15) is 0 Å². The Kier molecular flexibility index (Phi) is 6.65. The molecule has 3 fully saturated rings. The summed E-state index contributed by atoms with van der Waals surface area (Å²) in [5.74, 6) is 1.73. The van der Waals surface area contributed by atoms with Crippen LogP contribution in [0.3, 0.4) is 0 Å². The largest absolute Gasteiger partial charge is 0.391 e. The predicted octanol–water partition coefficient (Wildman–Crippen LogP) is 3.91. The van der Waals surface area contributed by atoms with Crippen LogP contribution >= 0.6 is 0 Å². The molecule has 4 aliphatic rings. The highest BCUT2D eigenvalue weighted by Gasteiger charge is 2.62. The van der Waals surface area contributed by atoms with Crippen LogP contribution in [0, 0.1) is 34.5 Å². The number of nitrogens with zero attached hydrogens (tertiary/aromatic N) is 1. The zero-order chi connectivity index (χ0) is 24.3. The Bertz CT molecular complexity index is 831. The van der Waals surface area contributed by atoms with Gasteiger partial charge in [-0.3, -0.25) is 4.79 Å². The quantitative estimate of drug-likeness (QED) is 0.441. The molecule has 5 heteroatoms. The number of hydrogen-bond acceptors (Lipinski definition) is 4. The molecule has 0 aromatic rings. The lowest BCUT2D eigenvalue weighted by atomic mass is 9.43. The number of likely N-dealkylation sites (N-methyl/N-ethyl adjacent to an activating group) is 1. The summed E-state index contributed by atoms with van der Waals surface area (Å²) in [5, 5.41) is 25.4. The fraction of sp³-hybridized carbons (Fsp3) is 0.821. The van der Waals surface area contributed by atoms with E-state index in [2.05, 4.69) is 51.2 Å². The van der Waals surface area contributed by atoms with E-state index in [1.165, 1.54) is 12.8 Å². The number of aliphatic hydroxyl groups excluding tert-OH is 2. The third-order valence-electron chi connectivity index (χ3n) is 10.4. The Morgan fingerprint density at radius 2 is 1.85 bits per heavy atom. The minimum absolute atomic E-state index is 0.0866. The van der Waals surface area contributed by atoms with Gasteiger partial charge in [0.2, 0.25) is 5.91 Å². The number of aliphatic hydroxyl groups is 2. The molecule has 0 aliphatic heterocycles. The molecule has 0 saturated heterocycles. The van der Waals surface area contributed by atoms with Crippen LogP contribution in [-0.4, -0.2) is 59.4 Å². The van der Waals surface area contributed by atoms with Crippen LogP contribution in [0.1, 0.15) is 73.1 Å². The van der Waals surface area contributed by atoms with Gasteiger partial charge in [-0.25, -0.2) is 0 Å². The smallest absolute Gasteiger partial charge is 0.244 e. The zero-order valence-electron chi connectivity index (χ0n) is 21.8. The van der Waals surface area contributed by atoms with Gasteiger partial charge in [-0.15, -0.1) is 0 Å². The van der Waals surface area contributed by atoms with E-state index < -0.39 is 18.2 Å². The van der Waals surface area contributed by atoms with E-state index >= 15 is 0 Å². The lowest BCUT2D eigenvalue weighted by molar-refractivity contribution is -0.175. The molecule has 3 N–H and O–H groups in total. The summed E-state index contributed by atoms with van der Waals surface area (Å²) in [6, 6.07) is -0.121. The number of hydrogen-bond donors (Lipinski definition) is 3. The monoisotopic (exact) mass is 458 g/mol. The van der Waals surface area contributed by atoms with Crippen molar-refractivity contribution < 1.29 is 15.0 Å². The summed E-state index contributed by atoms with van der Waals surface area (Å²) in [7, 11) is 4.36. The number of carbonyl (C=O) groups excluding carboxylic acids is 1. The van der Waals surface area contributed by atoms with E-state index in [0.717, 1.165) is 24.8 Å². The second kappa shape index (κ2) is 8.80. The standard InChI is InChI=1S/C28H46N2O3/c1-16(2)14-24(32)29-25-23(31)15-28(5)21-12-13-27(4)19(17(3)30(6)7)10-11-20(27)18(21)8-9-22(28)26(25)33/h10,14,17-18,20-23,25-26,31,33H,8-9,11-13,15H2,1-7H3,(H,29,32)/t17-,18-,20-,21-,22-,23-,25-,26+,27+,28+/m0/s1. The van der Waals surface area contributed by atoms with Crippen molar-refractivity contribution in [3.63, 3.8) is 0 Å². The van der Waals surface area contributed by atoms with Gasteiger partial charge in [-0.1, -0.05) is 31.1 Å². The third-order valence-corrected chi connectivity index (χ3v) is 10.4. The molecule has 33 heavy (non-hydrogen) atoms. The van der Waals surface area contributed by atoms with Crippen LogP contribution in [0.5, 0.6) is 0 Å². The van der Waals surface area contributed by atoms with Crippen LogP contribution in [0.15, 0.2) is 23.3 Å². The Hall–Kier alpha value is -1.17. The van der Waals surface area contributed by atoms with E-state index in [4.69, 9.17) is 0 Å². The highest BCUT2D eigenvalue weighted by atomic mass is 16.3. The summed E-state index contributed by atoms with van der Waals surface area (Å²) < 4.78 is 0. The number of amides is 1. The first-order chi connectivity index (χ1) is 15.4. The van der Waals surface area contributed by atoms with Crippen molar-refractivity contribution in [3.05, 3.63) is 23.3 Å². The molecule has 0 unspecified atom stereocenters. The van der Waals surface area contributed by atoms with Crippen LogP contribution in [-0.2, 0) is 4.79 Å². The van der Waals surface area contributed by atoms with Gasteiger partial charge in [0.05, 0.1) is 18.2 Å². The van der Waals surface area contributed by atoms with Crippen LogP contribution in [0.4, 0.5) is 0 Å². The van der Waals surface area contributed by atoms with Crippen molar-refractivity contribution in [2.24, 2.45) is 34.5 Å². The molecule has 186 valence electrons. The van der Waals surface area contributed by atoms with Crippen LogP contribution in [0.25, 0.3) is 0 Å². The van der Waals surface area contributed by atoms with Crippen molar-refractivity contribution in [1.29, 1.82) is 0 Å². The molecule has 0 radical (unpaired) electrons. The summed E-state index contributed by atoms with van der Waals surface area (Å²) in [6.07, 6.45) is 8.97. The van der Waals surface area contributed by atoms with Gasteiger partial charge in [0.15, 0.2) is 0 Å². The zero-order valence-corrected chi connectivity index (χ0v) is 21.8. The van der Waals surface area contributed by atoms with Gasteiger partial charge in [0.25, 0.3) is 0 Å². The van der Waals surface area contributed by atoms with E-state index in [0.29, 0.717) is 30.2 Å². The lowest BCUT2D eigenvalue weighted by Gasteiger charge is -2.62. The number of fused-ring (bicyclic) bond motifs is 5. The molecule has 1 amide bonds. The number of allylic oxidation sites excluding steroid dienone is 2.